The predicted octanol–water partition coefficient (Wildman–Crippen LogP) is 1.33. The van der Waals surface area contributed by atoms with Crippen molar-refractivity contribution in [3.63, 3.8) is 0 Å². The summed E-state index contributed by atoms with van der Waals surface area (Å²) in [5.74, 6) is 0.640. The lowest BCUT2D eigenvalue weighted by Crippen LogP contribution is -2.40. The molecule has 2 N–H and O–H groups in total. The monoisotopic (exact) mass is 419 g/mol. The number of carbonyl (C=O) groups excluding carboxylic acids is 1. The number of nitrogens with zero attached hydrogens (tertiary/aromatic N) is 3. The Hall–Kier alpha value is -2.32. The van der Waals surface area contributed by atoms with Crippen LogP contribution < -0.4 is 15.5 Å². The van der Waals surface area contributed by atoms with Gasteiger partial charge in [-0.05, 0) is 31.4 Å². The quantitative estimate of drug-likeness (QED) is 0.302. The summed E-state index contributed by atoms with van der Waals surface area (Å²) in [6.45, 7) is 4.75. The first-order valence-electron chi connectivity index (χ1n) is 10.7. The predicted molar refractivity (Wildman–Crippen MR) is 121 cm³/mol. The van der Waals surface area contributed by atoms with E-state index >= 15 is 0 Å². The van der Waals surface area contributed by atoms with Crippen LogP contribution in [0, 0.1) is 0 Å². The van der Waals surface area contributed by atoms with Crippen LogP contribution in [0.5, 0.6) is 0 Å². The molecule has 8 nitrogen and oxygen atoms in total. The molecular weight excluding hydrogens is 382 g/mol. The third-order valence-electron chi connectivity index (χ3n) is 4.89. The van der Waals surface area contributed by atoms with Gasteiger partial charge in [0.15, 0.2) is 5.96 Å². The van der Waals surface area contributed by atoms with Crippen molar-refractivity contribution in [3.8, 4) is 0 Å². The van der Waals surface area contributed by atoms with Gasteiger partial charge in [-0.1, -0.05) is 18.2 Å². The highest BCUT2D eigenvalue weighted by molar-refractivity contribution is 5.84. The van der Waals surface area contributed by atoms with E-state index in [1.54, 1.807) is 19.0 Å². The number of rotatable bonds is 12. The summed E-state index contributed by atoms with van der Waals surface area (Å²) in [5, 5.41) is 6.64. The molecule has 168 valence electrons. The number of anilines is 1. The largest absolute Gasteiger partial charge is 0.379 e. The standard InChI is InChI=1S/C22H37N5O3/c1-26(2)21(28)17-25-22(24-13-8-15-30-20-11-16-29-18-20)23-12-7-14-27(3)19-9-5-4-6-10-19/h4-6,9-10,20H,7-8,11-18H2,1-3H3,(H2,23,24,25). The molecular formula is C22H37N5O3. The van der Waals surface area contributed by atoms with Gasteiger partial charge in [0.05, 0.1) is 12.7 Å². The number of hydrogen-bond acceptors (Lipinski definition) is 5. The molecule has 1 unspecified atom stereocenters. The number of nitrogens with one attached hydrogen (secondary N) is 2. The third-order valence-corrected chi connectivity index (χ3v) is 4.89. The minimum absolute atomic E-state index is 0.0236. The fourth-order valence-corrected chi connectivity index (χ4v) is 2.97. The molecule has 1 aromatic rings. The van der Waals surface area contributed by atoms with Crippen molar-refractivity contribution in [1.29, 1.82) is 0 Å². The smallest absolute Gasteiger partial charge is 0.243 e. The van der Waals surface area contributed by atoms with Gasteiger partial charge >= 0.3 is 0 Å². The van der Waals surface area contributed by atoms with E-state index in [0.717, 1.165) is 45.5 Å². The van der Waals surface area contributed by atoms with E-state index in [4.69, 9.17) is 9.47 Å². The van der Waals surface area contributed by atoms with Crippen molar-refractivity contribution >= 4 is 17.6 Å². The zero-order valence-corrected chi connectivity index (χ0v) is 18.6. The van der Waals surface area contributed by atoms with E-state index in [1.807, 2.05) is 18.2 Å². The molecule has 2 rings (SSSR count). The topological polar surface area (TPSA) is 78.4 Å². The number of amides is 1. The minimum Gasteiger partial charge on any atom is -0.379 e. The molecule has 8 heteroatoms. The molecule has 1 aliphatic rings. The Morgan fingerprint density at radius 2 is 1.90 bits per heavy atom. The van der Waals surface area contributed by atoms with Crippen LogP contribution >= 0.6 is 0 Å². The maximum atomic E-state index is 11.9. The molecule has 0 aliphatic carbocycles. The van der Waals surface area contributed by atoms with Crippen LogP contribution in [0.15, 0.2) is 35.3 Å². The van der Waals surface area contributed by atoms with Crippen molar-refractivity contribution in [1.82, 2.24) is 15.5 Å². The lowest BCUT2D eigenvalue weighted by atomic mass is 10.3. The van der Waals surface area contributed by atoms with Gasteiger partial charge in [0.25, 0.3) is 0 Å². The second-order valence-corrected chi connectivity index (χ2v) is 7.63. The zero-order valence-electron chi connectivity index (χ0n) is 18.6. The molecule has 0 bridgehead atoms. The van der Waals surface area contributed by atoms with Crippen molar-refractivity contribution < 1.29 is 14.3 Å². The van der Waals surface area contributed by atoms with Crippen LogP contribution in [-0.4, -0.2) is 90.0 Å². The van der Waals surface area contributed by atoms with Crippen LogP contribution in [0.3, 0.4) is 0 Å². The number of hydrogen-bond donors (Lipinski definition) is 2. The van der Waals surface area contributed by atoms with E-state index in [9.17, 15) is 4.79 Å². The summed E-state index contributed by atoms with van der Waals surface area (Å²) in [6.07, 6.45) is 3.04. The number of ether oxygens (including phenoxy) is 2. The van der Waals surface area contributed by atoms with Crippen molar-refractivity contribution in [2.45, 2.75) is 25.4 Å². The summed E-state index contributed by atoms with van der Waals surface area (Å²) >= 11 is 0. The molecule has 1 atom stereocenters. The fraction of sp³-hybridized carbons (Fsp3) is 0.636. The van der Waals surface area contributed by atoms with E-state index < -0.39 is 0 Å². The highest BCUT2D eigenvalue weighted by Gasteiger charge is 2.15. The van der Waals surface area contributed by atoms with Crippen LogP contribution in [0.2, 0.25) is 0 Å². The van der Waals surface area contributed by atoms with Crippen molar-refractivity contribution in [2.24, 2.45) is 4.99 Å². The third kappa shape index (κ3) is 9.45. The van der Waals surface area contributed by atoms with E-state index in [1.165, 1.54) is 5.69 Å². The summed E-state index contributed by atoms with van der Waals surface area (Å²) in [6, 6.07) is 10.3. The number of likely N-dealkylation sites (N-methyl/N-ethyl adjacent to an activating group) is 1. The average Bonchev–Trinajstić information content (AvgIpc) is 3.27. The molecule has 0 radical (unpaired) electrons. The van der Waals surface area contributed by atoms with Gasteiger partial charge in [0.1, 0.15) is 6.54 Å². The Bertz CT molecular complexity index is 633. The van der Waals surface area contributed by atoms with Gasteiger partial charge in [-0.15, -0.1) is 0 Å². The Balaban J connectivity index is 1.70. The molecule has 1 amide bonds. The Kier molecular flexibility index (Phi) is 11.0. The second kappa shape index (κ2) is 13.8. The van der Waals surface area contributed by atoms with Gasteiger partial charge in [0, 0.05) is 59.7 Å². The summed E-state index contributed by atoms with van der Waals surface area (Å²) < 4.78 is 11.1. The maximum absolute atomic E-state index is 11.9. The summed E-state index contributed by atoms with van der Waals surface area (Å²) in [5.41, 5.74) is 1.20. The van der Waals surface area contributed by atoms with Gasteiger partial charge < -0.3 is 29.9 Å². The Morgan fingerprint density at radius 1 is 1.17 bits per heavy atom. The van der Waals surface area contributed by atoms with Crippen LogP contribution in [0.4, 0.5) is 5.69 Å². The zero-order chi connectivity index (χ0) is 21.6. The van der Waals surface area contributed by atoms with Crippen LogP contribution in [0.1, 0.15) is 19.3 Å². The second-order valence-electron chi connectivity index (χ2n) is 7.63. The van der Waals surface area contributed by atoms with Gasteiger partial charge in [-0.25, -0.2) is 4.99 Å². The maximum Gasteiger partial charge on any atom is 0.243 e. The first-order chi connectivity index (χ1) is 14.6. The molecule has 30 heavy (non-hydrogen) atoms. The number of benzene rings is 1. The van der Waals surface area contributed by atoms with Gasteiger partial charge in [-0.3, -0.25) is 4.79 Å². The molecule has 0 saturated carbocycles. The van der Waals surface area contributed by atoms with Crippen molar-refractivity contribution in [3.05, 3.63) is 30.3 Å². The minimum atomic E-state index is -0.0236. The molecule has 0 aromatic heterocycles. The molecule has 1 heterocycles. The van der Waals surface area contributed by atoms with Crippen LogP contribution in [0.25, 0.3) is 0 Å². The lowest BCUT2D eigenvalue weighted by Gasteiger charge is -2.20. The summed E-state index contributed by atoms with van der Waals surface area (Å²) in [7, 11) is 5.57. The Labute approximate surface area is 180 Å². The highest BCUT2D eigenvalue weighted by atomic mass is 16.5. The van der Waals surface area contributed by atoms with E-state index in [0.29, 0.717) is 19.2 Å². The van der Waals surface area contributed by atoms with Gasteiger partial charge in [0.2, 0.25) is 5.91 Å². The van der Waals surface area contributed by atoms with Crippen LogP contribution in [-0.2, 0) is 14.3 Å². The van der Waals surface area contributed by atoms with E-state index in [2.05, 4.69) is 39.7 Å². The molecule has 0 spiro atoms. The first-order valence-corrected chi connectivity index (χ1v) is 10.7. The SMILES string of the molecule is CN(C)C(=O)CN=C(NCCCOC1CCOC1)NCCCN(C)c1ccccc1. The van der Waals surface area contributed by atoms with Crippen molar-refractivity contribution in [2.75, 3.05) is 72.0 Å². The number of aliphatic imine (C=N–C) groups is 1. The molecule has 1 saturated heterocycles. The number of para-hydroxylation sites is 1. The summed E-state index contributed by atoms with van der Waals surface area (Å²) in [4.78, 5) is 20.1. The molecule has 1 fully saturated rings. The normalized spacial score (nSPS) is 16.4. The first kappa shape index (κ1) is 24.0. The highest BCUT2D eigenvalue weighted by Crippen LogP contribution is 2.10. The number of carbonyl (C=O) groups is 1. The average molecular weight is 420 g/mol. The fourth-order valence-electron chi connectivity index (χ4n) is 2.97. The van der Waals surface area contributed by atoms with E-state index in [-0.39, 0.29) is 18.6 Å². The Morgan fingerprint density at radius 3 is 2.57 bits per heavy atom. The number of guanidine groups is 1. The molecule has 1 aliphatic heterocycles. The molecule has 1 aromatic carbocycles. The lowest BCUT2D eigenvalue weighted by molar-refractivity contribution is -0.127. The van der Waals surface area contributed by atoms with Gasteiger partial charge in [-0.2, -0.15) is 0 Å².